The first-order valence-corrected chi connectivity index (χ1v) is 7.38. The van der Waals surface area contributed by atoms with Gasteiger partial charge in [0, 0.05) is 36.9 Å². The standard InChI is InChI=1S/C16H25FN2O/c1-11(2)18-8-14-15(17)6-5-7-16(14)19-9-12(3)20-13(4)10-19/h5-7,11-13,18H,8-10H2,1-4H3/t12-,13+. The molecule has 0 bridgehead atoms. The van der Waals surface area contributed by atoms with E-state index in [4.69, 9.17) is 4.74 Å². The lowest BCUT2D eigenvalue weighted by Gasteiger charge is -2.38. The van der Waals surface area contributed by atoms with Crippen LogP contribution in [0.5, 0.6) is 0 Å². The van der Waals surface area contributed by atoms with E-state index >= 15 is 0 Å². The molecular formula is C16H25FN2O. The molecule has 1 aromatic rings. The average molecular weight is 280 g/mol. The fourth-order valence-corrected chi connectivity index (χ4v) is 2.70. The smallest absolute Gasteiger partial charge is 0.129 e. The molecule has 1 N–H and O–H groups in total. The number of rotatable bonds is 4. The Bertz CT molecular complexity index is 440. The van der Waals surface area contributed by atoms with E-state index in [1.807, 2.05) is 6.07 Å². The highest BCUT2D eigenvalue weighted by molar-refractivity contribution is 5.54. The molecule has 1 aliphatic heterocycles. The number of nitrogens with one attached hydrogen (secondary N) is 1. The molecule has 0 spiro atoms. The number of benzene rings is 1. The maximum absolute atomic E-state index is 14.2. The Labute approximate surface area is 121 Å². The Morgan fingerprint density at radius 3 is 2.55 bits per heavy atom. The van der Waals surface area contributed by atoms with Crippen LogP contribution in [0.25, 0.3) is 0 Å². The second kappa shape index (κ2) is 6.55. The third-order valence-corrected chi connectivity index (χ3v) is 3.54. The average Bonchev–Trinajstić information content (AvgIpc) is 2.35. The van der Waals surface area contributed by atoms with Gasteiger partial charge in [-0.3, -0.25) is 0 Å². The lowest BCUT2D eigenvalue weighted by molar-refractivity contribution is -0.00528. The van der Waals surface area contributed by atoms with Gasteiger partial charge in [-0.2, -0.15) is 0 Å². The van der Waals surface area contributed by atoms with Crippen molar-refractivity contribution in [3.63, 3.8) is 0 Å². The second-order valence-corrected chi connectivity index (χ2v) is 5.94. The fraction of sp³-hybridized carbons (Fsp3) is 0.625. The first-order chi connectivity index (χ1) is 9.47. The number of halogens is 1. The number of morpholine rings is 1. The SMILES string of the molecule is CC(C)NCc1c(F)cccc1N1C[C@@H](C)O[C@@H](C)C1. The molecule has 4 heteroatoms. The molecule has 1 aromatic carbocycles. The summed E-state index contributed by atoms with van der Waals surface area (Å²) in [5.74, 6) is -0.137. The van der Waals surface area contributed by atoms with Crippen molar-refractivity contribution in [1.82, 2.24) is 5.32 Å². The lowest BCUT2D eigenvalue weighted by Crippen LogP contribution is -2.46. The first-order valence-electron chi connectivity index (χ1n) is 7.38. The monoisotopic (exact) mass is 280 g/mol. The number of hydrogen-bond donors (Lipinski definition) is 1. The molecule has 0 aliphatic carbocycles. The minimum atomic E-state index is -0.137. The summed E-state index contributed by atoms with van der Waals surface area (Å²) in [6.45, 7) is 10.4. The lowest BCUT2D eigenvalue weighted by atomic mass is 10.1. The van der Waals surface area contributed by atoms with Gasteiger partial charge in [-0.25, -0.2) is 4.39 Å². The second-order valence-electron chi connectivity index (χ2n) is 5.94. The molecule has 1 saturated heterocycles. The molecule has 2 rings (SSSR count). The molecular weight excluding hydrogens is 255 g/mol. The molecule has 20 heavy (non-hydrogen) atoms. The van der Waals surface area contributed by atoms with E-state index in [9.17, 15) is 4.39 Å². The van der Waals surface area contributed by atoms with Gasteiger partial charge in [-0.15, -0.1) is 0 Å². The Morgan fingerprint density at radius 1 is 1.30 bits per heavy atom. The molecule has 0 radical (unpaired) electrons. The van der Waals surface area contributed by atoms with Gasteiger partial charge in [-0.1, -0.05) is 19.9 Å². The molecule has 0 saturated carbocycles. The molecule has 0 amide bonds. The van der Waals surface area contributed by atoms with Gasteiger partial charge in [0.25, 0.3) is 0 Å². The number of anilines is 1. The van der Waals surface area contributed by atoms with Crippen LogP contribution in [0.1, 0.15) is 33.3 Å². The summed E-state index contributed by atoms with van der Waals surface area (Å²) >= 11 is 0. The number of hydrogen-bond acceptors (Lipinski definition) is 3. The van der Waals surface area contributed by atoms with Crippen LogP contribution in [0.2, 0.25) is 0 Å². The molecule has 0 unspecified atom stereocenters. The molecule has 0 aromatic heterocycles. The van der Waals surface area contributed by atoms with E-state index in [2.05, 4.69) is 37.9 Å². The largest absolute Gasteiger partial charge is 0.372 e. The van der Waals surface area contributed by atoms with Crippen molar-refractivity contribution >= 4 is 5.69 Å². The summed E-state index contributed by atoms with van der Waals surface area (Å²) in [7, 11) is 0. The van der Waals surface area contributed by atoms with Gasteiger partial charge in [0.15, 0.2) is 0 Å². The van der Waals surface area contributed by atoms with Crippen LogP contribution in [0, 0.1) is 5.82 Å². The third kappa shape index (κ3) is 3.70. The van der Waals surface area contributed by atoms with Gasteiger partial charge in [0.1, 0.15) is 5.82 Å². The number of ether oxygens (including phenoxy) is 1. The normalized spacial score (nSPS) is 23.4. The van der Waals surface area contributed by atoms with Crippen molar-refractivity contribution < 1.29 is 9.13 Å². The highest BCUT2D eigenvalue weighted by Crippen LogP contribution is 2.26. The Morgan fingerprint density at radius 2 is 1.95 bits per heavy atom. The van der Waals surface area contributed by atoms with Crippen molar-refractivity contribution in [3.05, 3.63) is 29.6 Å². The zero-order chi connectivity index (χ0) is 14.7. The van der Waals surface area contributed by atoms with Crippen LogP contribution in [-0.4, -0.2) is 31.3 Å². The van der Waals surface area contributed by atoms with Crippen molar-refractivity contribution in [2.45, 2.75) is 52.5 Å². The minimum absolute atomic E-state index is 0.137. The van der Waals surface area contributed by atoms with Gasteiger partial charge in [0.05, 0.1) is 12.2 Å². The van der Waals surface area contributed by atoms with E-state index in [1.165, 1.54) is 6.07 Å². The quantitative estimate of drug-likeness (QED) is 0.917. The van der Waals surface area contributed by atoms with Crippen LogP contribution in [0.4, 0.5) is 10.1 Å². The van der Waals surface area contributed by atoms with E-state index < -0.39 is 0 Å². The summed E-state index contributed by atoms with van der Waals surface area (Å²) < 4.78 is 19.9. The maximum Gasteiger partial charge on any atom is 0.129 e. The molecule has 1 aliphatic rings. The molecule has 1 heterocycles. The molecule has 112 valence electrons. The van der Waals surface area contributed by atoms with Crippen LogP contribution >= 0.6 is 0 Å². The van der Waals surface area contributed by atoms with E-state index in [0.717, 1.165) is 24.3 Å². The minimum Gasteiger partial charge on any atom is -0.372 e. The van der Waals surface area contributed by atoms with E-state index in [1.54, 1.807) is 6.07 Å². The van der Waals surface area contributed by atoms with Gasteiger partial charge in [0.2, 0.25) is 0 Å². The van der Waals surface area contributed by atoms with E-state index in [-0.39, 0.29) is 18.0 Å². The Kier molecular flexibility index (Phi) is 5.00. The van der Waals surface area contributed by atoms with Crippen molar-refractivity contribution in [2.24, 2.45) is 0 Å². The van der Waals surface area contributed by atoms with Crippen molar-refractivity contribution in [3.8, 4) is 0 Å². The Hall–Kier alpha value is -1.13. The predicted molar refractivity (Wildman–Crippen MR) is 80.6 cm³/mol. The van der Waals surface area contributed by atoms with Crippen LogP contribution in [0.3, 0.4) is 0 Å². The summed E-state index contributed by atoms with van der Waals surface area (Å²) in [6, 6.07) is 5.67. The zero-order valence-corrected chi connectivity index (χ0v) is 12.8. The van der Waals surface area contributed by atoms with Gasteiger partial charge >= 0.3 is 0 Å². The van der Waals surface area contributed by atoms with Crippen LogP contribution in [0.15, 0.2) is 18.2 Å². The van der Waals surface area contributed by atoms with Gasteiger partial charge < -0.3 is 15.0 Å². The Balaban J connectivity index is 2.23. The topological polar surface area (TPSA) is 24.5 Å². The zero-order valence-electron chi connectivity index (χ0n) is 12.8. The molecule has 1 fully saturated rings. The number of nitrogens with zero attached hydrogens (tertiary/aromatic N) is 1. The first kappa shape index (κ1) is 15.3. The summed E-state index contributed by atoms with van der Waals surface area (Å²) in [6.07, 6.45) is 0.348. The highest BCUT2D eigenvalue weighted by atomic mass is 19.1. The van der Waals surface area contributed by atoms with Crippen molar-refractivity contribution in [1.29, 1.82) is 0 Å². The highest BCUT2D eigenvalue weighted by Gasteiger charge is 2.24. The third-order valence-electron chi connectivity index (χ3n) is 3.54. The van der Waals surface area contributed by atoms with Crippen LogP contribution < -0.4 is 10.2 Å². The summed E-state index contributed by atoms with van der Waals surface area (Å²) in [5, 5.41) is 3.31. The molecule has 3 nitrogen and oxygen atoms in total. The van der Waals surface area contributed by atoms with E-state index in [0.29, 0.717) is 12.6 Å². The fourth-order valence-electron chi connectivity index (χ4n) is 2.70. The van der Waals surface area contributed by atoms with Gasteiger partial charge in [-0.05, 0) is 26.0 Å². The molecule has 2 atom stereocenters. The van der Waals surface area contributed by atoms with Crippen LogP contribution in [-0.2, 0) is 11.3 Å². The maximum atomic E-state index is 14.2. The summed E-state index contributed by atoms with van der Waals surface area (Å²) in [5.41, 5.74) is 1.74. The summed E-state index contributed by atoms with van der Waals surface area (Å²) in [4.78, 5) is 2.24. The predicted octanol–water partition coefficient (Wildman–Crippen LogP) is 2.94. The van der Waals surface area contributed by atoms with Crippen molar-refractivity contribution in [2.75, 3.05) is 18.0 Å².